The fraction of sp³-hybridized carbons (Fsp3) is 0.233. The Hall–Kier alpha value is -3.61. The van der Waals surface area contributed by atoms with E-state index in [0.717, 1.165) is 33.3 Å². The van der Waals surface area contributed by atoms with Crippen LogP contribution in [0.2, 0.25) is 0 Å². The number of rotatable bonds is 9. The van der Waals surface area contributed by atoms with Crippen LogP contribution in [-0.2, 0) is 0 Å². The maximum atomic E-state index is 13.6. The van der Waals surface area contributed by atoms with Gasteiger partial charge in [-0.1, -0.05) is 50.2 Å². The van der Waals surface area contributed by atoms with E-state index in [-0.39, 0.29) is 18.4 Å². The van der Waals surface area contributed by atoms with Crippen LogP contribution < -0.4 is 10.1 Å². The normalized spacial score (nSPS) is 13.1. The number of carbonyl (C=O) groups excluding carboxylic acids is 1. The number of hydrogen-bond acceptors (Lipinski definition) is 4. The number of hydrogen-bond donors (Lipinski definition) is 3. The van der Waals surface area contributed by atoms with Crippen LogP contribution in [0, 0.1) is 0 Å². The number of aliphatic hydroxyl groups is 1. The first-order valence-corrected chi connectivity index (χ1v) is 13.1. The molecule has 2 aromatic heterocycles. The lowest BCUT2D eigenvalue weighted by atomic mass is 9.93. The van der Waals surface area contributed by atoms with E-state index in [2.05, 4.69) is 34.6 Å². The smallest absolute Gasteiger partial charge is 0.255 e. The van der Waals surface area contributed by atoms with Crippen molar-refractivity contribution in [1.82, 2.24) is 10.3 Å². The highest BCUT2D eigenvalue weighted by molar-refractivity contribution is 7.22. The summed E-state index contributed by atoms with van der Waals surface area (Å²) in [6.07, 6.45) is 2.80. The van der Waals surface area contributed by atoms with Crippen molar-refractivity contribution >= 4 is 38.2 Å². The van der Waals surface area contributed by atoms with Gasteiger partial charge in [0, 0.05) is 32.6 Å². The molecule has 5 aromatic rings. The maximum Gasteiger partial charge on any atom is 0.255 e. The van der Waals surface area contributed by atoms with Crippen molar-refractivity contribution in [3.05, 3.63) is 90.1 Å². The Morgan fingerprint density at radius 1 is 1.08 bits per heavy atom. The summed E-state index contributed by atoms with van der Waals surface area (Å²) in [6, 6.07) is 23.8. The lowest BCUT2D eigenvalue weighted by Crippen LogP contribution is -2.41. The van der Waals surface area contributed by atoms with Crippen LogP contribution in [0.25, 0.3) is 31.4 Å². The minimum absolute atomic E-state index is 0.0964. The Morgan fingerprint density at radius 3 is 2.69 bits per heavy atom. The zero-order valence-electron chi connectivity index (χ0n) is 20.5. The molecule has 0 saturated carbocycles. The number of para-hydroxylation sites is 1. The predicted octanol–water partition coefficient (Wildman–Crippen LogP) is 6.73. The van der Waals surface area contributed by atoms with E-state index >= 15 is 0 Å². The van der Waals surface area contributed by atoms with Gasteiger partial charge in [0.05, 0.1) is 24.8 Å². The van der Waals surface area contributed by atoms with Crippen LogP contribution in [0.3, 0.4) is 0 Å². The molecule has 0 radical (unpaired) electrons. The summed E-state index contributed by atoms with van der Waals surface area (Å²) in [6.45, 7) is 4.42. The summed E-state index contributed by atoms with van der Waals surface area (Å²) in [7, 11) is 0. The molecule has 1 amide bonds. The van der Waals surface area contributed by atoms with Gasteiger partial charge in [-0.25, -0.2) is 0 Å². The molecule has 0 aliphatic carbocycles. The first kappa shape index (κ1) is 24.1. The molecule has 2 heterocycles. The summed E-state index contributed by atoms with van der Waals surface area (Å²) in [5.74, 6) is 0.200. The minimum Gasteiger partial charge on any atom is -0.493 e. The largest absolute Gasteiger partial charge is 0.493 e. The number of carbonyl (C=O) groups is 1. The first-order valence-electron chi connectivity index (χ1n) is 12.3. The average Bonchev–Trinajstić information content (AvgIpc) is 3.54. The summed E-state index contributed by atoms with van der Waals surface area (Å²) >= 11 is 1.70. The third kappa shape index (κ3) is 4.74. The molecule has 0 spiro atoms. The number of fused-ring (bicyclic) bond motifs is 2. The van der Waals surface area contributed by atoms with E-state index in [1.807, 2.05) is 68.6 Å². The molecular formula is C30H30N2O3S. The van der Waals surface area contributed by atoms with E-state index in [1.54, 1.807) is 11.3 Å². The number of aromatic amines is 1. The molecule has 0 bridgehead atoms. The van der Waals surface area contributed by atoms with E-state index in [4.69, 9.17) is 4.74 Å². The van der Waals surface area contributed by atoms with Crippen molar-refractivity contribution in [1.29, 1.82) is 0 Å². The van der Waals surface area contributed by atoms with Gasteiger partial charge in [0.1, 0.15) is 5.75 Å². The van der Waals surface area contributed by atoms with Gasteiger partial charge < -0.3 is 20.1 Å². The van der Waals surface area contributed by atoms with Gasteiger partial charge in [-0.2, -0.15) is 0 Å². The molecule has 3 aromatic carbocycles. The third-order valence-corrected chi connectivity index (χ3v) is 7.79. The van der Waals surface area contributed by atoms with Crippen molar-refractivity contribution < 1.29 is 14.6 Å². The fourth-order valence-electron chi connectivity index (χ4n) is 4.59. The highest BCUT2D eigenvalue weighted by Gasteiger charge is 2.25. The second-order valence-electron chi connectivity index (χ2n) is 9.05. The Morgan fingerprint density at radius 2 is 1.89 bits per heavy atom. The predicted molar refractivity (Wildman–Crippen MR) is 148 cm³/mol. The average molecular weight is 499 g/mol. The van der Waals surface area contributed by atoms with Crippen LogP contribution in [0.4, 0.5) is 0 Å². The number of amides is 1. The molecule has 6 heteroatoms. The molecule has 3 N–H and O–H groups in total. The van der Waals surface area contributed by atoms with Gasteiger partial charge in [-0.05, 0) is 59.3 Å². The van der Waals surface area contributed by atoms with Crippen molar-refractivity contribution in [3.8, 4) is 16.2 Å². The number of benzene rings is 3. The standard InChI is InChI=1S/C30H30N2O3S/c1-3-14-35-27-13-12-21(29-16-20-8-4-7-11-28(20)36-29)15-23(27)30(34)32-26(18-33)19(2)24-17-31-25-10-6-5-9-22(24)25/h4-13,15-17,19,26,31,33H,3,14,18H2,1-2H3,(H,32,34)/t19?,26-/m0/s1. The monoisotopic (exact) mass is 498 g/mol. The molecular weight excluding hydrogens is 468 g/mol. The summed E-state index contributed by atoms with van der Waals surface area (Å²) in [5, 5.41) is 15.6. The summed E-state index contributed by atoms with van der Waals surface area (Å²) in [5.41, 5.74) is 3.54. The Kier molecular flexibility index (Phi) is 7.07. The highest BCUT2D eigenvalue weighted by Crippen LogP contribution is 2.36. The Balaban J connectivity index is 1.45. The molecule has 36 heavy (non-hydrogen) atoms. The quantitative estimate of drug-likeness (QED) is 0.211. The maximum absolute atomic E-state index is 13.6. The first-order chi connectivity index (χ1) is 17.6. The van der Waals surface area contributed by atoms with Crippen LogP contribution >= 0.6 is 11.3 Å². The van der Waals surface area contributed by atoms with Crippen LogP contribution in [0.1, 0.15) is 42.1 Å². The van der Waals surface area contributed by atoms with Gasteiger partial charge >= 0.3 is 0 Å². The van der Waals surface area contributed by atoms with Gasteiger partial charge in [0.15, 0.2) is 0 Å². The van der Waals surface area contributed by atoms with E-state index in [1.165, 1.54) is 10.1 Å². The van der Waals surface area contributed by atoms with Gasteiger partial charge in [0.25, 0.3) is 5.91 Å². The van der Waals surface area contributed by atoms with Crippen molar-refractivity contribution in [2.45, 2.75) is 32.2 Å². The lowest BCUT2D eigenvalue weighted by Gasteiger charge is -2.24. The molecule has 184 valence electrons. The summed E-state index contributed by atoms with van der Waals surface area (Å²) in [4.78, 5) is 18.0. The number of ether oxygens (including phenoxy) is 1. The molecule has 5 nitrogen and oxygen atoms in total. The molecule has 0 fully saturated rings. The molecule has 1 unspecified atom stereocenters. The molecule has 0 aliphatic rings. The second-order valence-corrected chi connectivity index (χ2v) is 10.1. The highest BCUT2D eigenvalue weighted by atomic mass is 32.1. The minimum atomic E-state index is -0.455. The number of nitrogens with one attached hydrogen (secondary N) is 2. The Labute approximate surface area is 214 Å². The Bertz CT molecular complexity index is 1470. The van der Waals surface area contributed by atoms with Gasteiger partial charge in [0.2, 0.25) is 0 Å². The van der Waals surface area contributed by atoms with Gasteiger partial charge in [-0.3, -0.25) is 4.79 Å². The van der Waals surface area contributed by atoms with E-state index in [0.29, 0.717) is 17.9 Å². The lowest BCUT2D eigenvalue weighted by molar-refractivity contribution is 0.0903. The van der Waals surface area contributed by atoms with E-state index in [9.17, 15) is 9.90 Å². The summed E-state index contributed by atoms with van der Waals surface area (Å²) < 4.78 is 7.14. The van der Waals surface area contributed by atoms with Crippen molar-refractivity contribution in [2.75, 3.05) is 13.2 Å². The van der Waals surface area contributed by atoms with Crippen molar-refractivity contribution in [2.24, 2.45) is 0 Å². The van der Waals surface area contributed by atoms with Crippen LogP contribution in [0.5, 0.6) is 5.75 Å². The number of H-pyrrole nitrogens is 1. The number of aliphatic hydroxyl groups excluding tert-OH is 1. The zero-order chi connectivity index (χ0) is 25.1. The topological polar surface area (TPSA) is 74.3 Å². The number of thiophene rings is 1. The molecule has 2 atom stereocenters. The van der Waals surface area contributed by atoms with Crippen LogP contribution in [0.15, 0.2) is 79.0 Å². The third-order valence-electron chi connectivity index (χ3n) is 6.62. The molecule has 0 aliphatic heterocycles. The zero-order valence-corrected chi connectivity index (χ0v) is 21.3. The van der Waals surface area contributed by atoms with E-state index < -0.39 is 6.04 Å². The SMILES string of the molecule is CCCOc1ccc(-c2cc3ccccc3s2)cc1C(=O)N[C@@H](CO)C(C)c1c[nH]c2ccccc12. The second kappa shape index (κ2) is 10.6. The number of aromatic nitrogens is 1. The fourth-order valence-corrected chi connectivity index (χ4v) is 5.64. The molecule has 5 rings (SSSR count). The van der Waals surface area contributed by atoms with Gasteiger partial charge in [-0.15, -0.1) is 11.3 Å². The molecule has 0 saturated heterocycles. The van der Waals surface area contributed by atoms with Crippen molar-refractivity contribution in [3.63, 3.8) is 0 Å². The van der Waals surface area contributed by atoms with Crippen LogP contribution in [-0.4, -0.2) is 35.3 Å².